The molecule has 1 fully saturated rings. The second kappa shape index (κ2) is 9.03. The minimum absolute atomic E-state index is 0.259. The normalized spacial score (nSPS) is 18.2. The summed E-state index contributed by atoms with van der Waals surface area (Å²) in [5, 5.41) is 9.94. The lowest BCUT2D eigenvalue weighted by molar-refractivity contribution is -0.0292. The number of benzene rings is 1. The predicted molar refractivity (Wildman–Crippen MR) is 83.3 cm³/mol. The zero-order valence-corrected chi connectivity index (χ0v) is 12.7. The Hall–Kier alpha value is -1.10. The molecule has 0 spiro atoms. The summed E-state index contributed by atoms with van der Waals surface area (Å²) in [5.41, 5.74) is 6.62. The van der Waals surface area contributed by atoms with Gasteiger partial charge in [-0.2, -0.15) is 0 Å². The average Bonchev–Trinajstić information content (AvgIpc) is 2.80. The number of aliphatic hydroxyl groups excluding tert-OH is 1. The van der Waals surface area contributed by atoms with Gasteiger partial charge in [0.15, 0.2) is 0 Å². The summed E-state index contributed by atoms with van der Waals surface area (Å²) in [5.74, 6) is 0.751. The van der Waals surface area contributed by atoms with Gasteiger partial charge in [0, 0.05) is 6.54 Å². The van der Waals surface area contributed by atoms with Crippen molar-refractivity contribution >= 4 is 0 Å². The first-order valence-corrected chi connectivity index (χ1v) is 7.99. The highest BCUT2D eigenvalue weighted by molar-refractivity contribution is 5.27. The largest absolute Gasteiger partial charge is 0.491 e. The lowest BCUT2D eigenvalue weighted by Crippen LogP contribution is -2.26. The van der Waals surface area contributed by atoms with E-state index >= 15 is 0 Å². The van der Waals surface area contributed by atoms with Crippen LogP contribution in [0.15, 0.2) is 24.3 Å². The van der Waals surface area contributed by atoms with Gasteiger partial charge in [0.25, 0.3) is 0 Å². The molecule has 3 N–H and O–H groups in total. The molecule has 1 saturated carbocycles. The Labute approximate surface area is 127 Å². The summed E-state index contributed by atoms with van der Waals surface area (Å²) in [6, 6.07) is 7.62. The van der Waals surface area contributed by atoms with Gasteiger partial charge in [-0.15, -0.1) is 0 Å². The van der Waals surface area contributed by atoms with Crippen LogP contribution >= 0.6 is 0 Å². The standard InChI is InChI=1S/C17H27NO3/c18-11-14-7-9-17(10-8-14)21-13-15(19)12-20-16-5-3-1-2-4-6-16/h7-10,15-16,19H,1-6,11-13,18H2. The van der Waals surface area contributed by atoms with Crippen LogP contribution in [0.1, 0.15) is 44.1 Å². The van der Waals surface area contributed by atoms with Crippen LogP contribution < -0.4 is 10.5 Å². The fraction of sp³-hybridized carbons (Fsp3) is 0.647. The second-order valence-corrected chi connectivity index (χ2v) is 5.76. The SMILES string of the molecule is NCc1ccc(OCC(O)COC2CCCCCC2)cc1. The summed E-state index contributed by atoms with van der Waals surface area (Å²) in [6.07, 6.45) is 7.07. The third-order valence-electron chi connectivity index (χ3n) is 3.93. The highest BCUT2D eigenvalue weighted by Gasteiger charge is 2.14. The van der Waals surface area contributed by atoms with Crippen LogP contribution in [-0.4, -0.2) is 30.5 Å². The summed E-state index contributed by atoms with van der Waals surface area (Å²) >= 11 is 0. The molecule has 1 aromatic carbocycles. The molecular formula is C17H27NO3. The van der Waals surface area contributed by atoms with E-state index in [0.717, 1.165) is 24.2 Å². The first kappa shape index (κ1) is 16.3. The smallest absolute Gasteiger partial charge is 0.119 e. The fourth-order valence-corrected chi connectivity index (χ4v) is 2.62. The first-order valence-electron chi connectivity index (χ1n) is 7.99. The van der Waals surface area contributed by atoms with Crippen molar-refractivity contribution in [3.05, 3.63) is 29.8 Å². The van der Waals surface area contributed by atoms with Gasteiger partial charge in [-0.05, 0) is 30.5 Å². The second-order valence-electron chi connectivity index (χ2n) is 5.76. The molecular weight excluding hydrogens is 266 g/mol. The Morgan fingerprint density at radius 2 is 1.71 bits per heavy atom. The van der Waals surface area contributed by atoms with Crippen molar-refractivity contribution in [1.29, 1.82) is 0 Å². The van der Waals surface area contributed by atoms with Crippen LogP contribution in [0, 0.1) is 0 Å². The van der Waals surface area contributed by atoms with E-state index in [0.29, 0.717) is 19.3 Å². The quantitative estimate of drug-likeness (QED) is 0.759. The summed E-state index contributed by atoms with van der Waals surface area (Å²) in [4.78, 5) is 0. The summed E-state index contributed by atoms with van der Waals surface area (Å²) < 4.78 is 11.4. The van der Waals surface area contributed by atoms with Gasteiger partial charge in [0.1, 0.15) is 18.5 Å². The molecule has 0 heterocycles. The number of ether oxygens (including phenoxy) is 2. The molecule has 1 atom stereocenters. The number of hydrogen-bond acceptors (Lipinski definition) is 4. The molecule has 4 heteroatoms. The van der Waals surface area contributed by atoms with Crippen LogP contribution in [0.2, 0.25) is 0 Å². The molecule has 1 aliphatic carbocycles. The lowest BCUT2D eigenvalue weighted by Gasteiger charge is -2.18. The number of rotatable bonds is 7. The van der Waals surface area contributed by atoms with Gasteiger partial charge >= 0.3 is 0 Å². The van der Waals surface area contributed by atoms with Crippen LogP contribution in [-0.2, 0) is 11.3 Å². The number of hydrogen-bond donors (Lipinski definition) is 2. The van der Waals surface area contributed by atoms with E-state index in [4.69, 9.17) is 15.2 Å². The van der Waals surface area contributed by atoms with Crippen molar-refractivity contribution in [2.45, 2.75) is 57.3 Å². The van der Waals surface area contributed by atoms with E-state index in [-0.39, 0.29) is 6.61 Å². The van der Waals surface area contributed by atoms with Crippen LogP contribution in [0.4, 0.5) is 0 Å². The minimum Gasteiger partial charge on any atom is -0.491 e. The van der Waals surface area contributed by atoms with Crippen molar-refractivity contribution < 1.29 is 14.6 Å². The van der Waals surface area contributed by atoms with E-state index < -0.39 is 6.10 Å². The highest BCUT2D eigenvalue weighted by atomic mass is 16.5. The molecule has 4 nitrogen and oxygen atoms in total. The van der Waals surface area contributed by atoms with E-state index in [2.05, 4.69) is 0 Å². The van der Waals surface area contributed by atoms with Gasteiger partial charge in [0.2, 0.25) is 0 Å². The van der Waals surface area contributed by atoms with E-state index in [1.54, 1.807) is 0 Å². The molecule has 0 radical (unpaired) electrons. The maximum absolute atomic E-state index is 9.94. The van der Waals surface area contributed by atoms with Crippen LogP contribution in [0.25, 0.3) is 0 Å². The van der Waals surface area contributed by atoms with Gasteiger partial charge in [-0.3, -0.25) is 0 Å². The zero-order chi connectivity index (χ0) is 14.9. The molecule has 0 amide bonds. The molecule has 0 aromatic heterocycles. The fourth-order valence-electron chi connectivity index (χ4n) is 2.62. The van der Waals surface area contributed by atoms with E-state index in [1.165, 1.54) is 25.7 Å². The van der Waals surface area contributed by atoms with Crippen molar-refractivity contribution in [2.24, 2.45) is 5.73 Å². The van der Waals surface area contributed by atoms with Crippen molar-refractivity contribution in [2.75, 3.05) is 13.2 Å². The van der Waals surface area contributed by atoms with Gasteiger partial charge in [0.05, 0.1) is 12.7 Å². The topological polar surface area (TPSA) is 64.7 Å². The molecule has 1 unspecified atom stereocenters. The third-order valence-corrected chi connectivity index (χ3v) is 3.93. The highest BCUT2D eigenvalue weighted by Crippen LogP contribution is 2.20. The van der Waals surface area contributed by atoms with Gasteiger partial charge in [-0.25, -0.2) is 0 Å². The molecule has 1 aromatic rings. The molecule has 118 valence electrons. The van der Waals surface area contributed by atoms with Crippen molar-refractivity contribution in [3.8, 4) is 5.75 Å². The molecule has 0 saturated heterocycles. The Bertz CT molecular complexity index is 386. The summed E-state index contributed by atoms with van der Waals surface area (Å²) in [6.45, 7) is 1.14. The Kier molecular flexibility index (Phi) is 7.00. The van der Waals surface area contributed by atoms with Gasteiger partial charge in [-0.1, -0.05) is 37.8 Å². The number of nitrogens with two attached hydrogens (primary N) is 1. The lowest BCUT2D eigenvalue weighted by atomic mass is 10.1. The average molecular weight is 293 g/mol. The third kappa shape index (κ3) is 6.04. The summed E-state index contributed by atoms with van der Waals surface area (Å²) in [7, 11) is 0. The Morgan fingerprint density at radius 3 is 2.33 bits per heavy atom. The van der Waals surface area contributed by atoms with Crippen molar-refractivity contribution in [3.63, 3.8) is 0 Å². The van der Waals surface area contributed by atoms with Crippen LogP contribution in [0.5, 0.6) is 5.75 Å². The zero-order valence-electron chi connectivity index (χ0n) is 12.7. The Balaban J connectivity index is 1.65. The van der Waals surface area contributed by atoms with E-state index in [1.807, 2.05) is 24.3 Å². The molecule has 21 heavy (non-hydrogen) atoms. The maximum Gasteiger partial charge on any atom is 0.119 e. The molecule has 1 aliphatic rings. The first-order chi connectivity index (χ1) is 10.3. The minimum atomic E-state index is -0.581. The molecule has 0 aliphatic heterocycles. The monoisotopic (exact) mass is 293 g/mol. The Morgan fingerprint density at radius 1 is 1.05 bits per heavy atom. The van der Waals surface area contributed by atoms with Crippen LogP contribution in [0.3, 0.4) is 0 Å². The molecule has 0 bridgehead atoms. The molecule has 2 rings (SSSR count). The van der Waals surface area contributed by atoms with E-state index in [9.17, 15) is 5.11 Å². The predicted octanol–water partition coefficient (Wildman–Crippen LogP) is 2.62. The van der Waals surface area contributed by atoms with Crippen molar-refractivity contribution in [1.82, 2.24) is 0 Å². The van der Waals surface area contributed by atoms with Gasteiger partial charge < -0.3 is 20.3 Å². The maximum atomic E-state index is 9.94. The number of aliphatic hydroxyl groups is 1.